The highest BCUT2D eigenvalue weighted by Gasteiger charge is 2.22. The van der Waals surface area contributed by atoms with E-state index in [4.69, 9.17) is 4.74 Å². The van der Waals surface area contributed by atoms with Gasteiger partial charge in [0.25, 0.3) is 15.9 Å². The van der Waals surface area contributed by atoms with Crippen LogP contribution >= 0.6 is 0 Å². The fourth-order valence-electron chi connectivity index (χ4n) is 3.33. The monoisotopic (exact) mass is 349 g/mol. The summed E-state index contributed by atoms with van der Waals surface area (Å²) in [4.78, 5) is 12.2. The maximum Gasteiger partial charge on any atom is 0.264 e. The molecule has 0 bridgehead atoms. The summed E-state index contributed by atoms with van der Waals surface area (Å²) in [6, 6.07) is 6.95. The average molecular weight is 349 g/mol. The second kappa shape index (κ2) is 7.49. The van der Waals surface area contributed by atoms with Gasteiger partial charge in [-0.2, -0.15) is 0 Å². The van der Waals surface area contributed by atoms with Gasteiger partial charge in [0.2, 0.25) is 0 Å². The van der Waals surface area contributed by atoms with Crippen molar-refractivity contribution < 1.29 is 17.9 Å². The molecule has 1 aliphatic heterocycles. The van der Waals surface area contributed by atoms with E-state index in [0.29, 0.717) is 31.1 Å². The molecule has 0 atom stereocenters. The van der Waals surface area contributed by atoms with Crippen LogP contribution in [0.1, 0.15) is 50.0 Å². The summed E-state index contributed by atoms with van der Waals surface area (Å²) in [5.74, 6) is -0.0350. The highest BCUT2D eigenvalue weighted by molar-refractivity contribution is 7.90. The molecule has 1 saturated carbocycles. The first-order valence-corrected chi connectivity index (χ1v) is 9.98. The number of carbonyl (C=O) groups excluding carboxylic acids is 1. The van der Waals surface area contributed by atoms with E-state index in [2.05, 4.69) is 4.72 Å². The molecule has 5 nitrogen and oxygen atoms in total. The Balaban J connectivity index is 1.70. The van der Waals surface area contributed by atoms with Crippen molar-refractivity contribution in [3.05, 3.63) is 41.5 Å². The van der Waals surface area contributed by atoms with E-state index in [1.165, 1.54) is 37.7 Å². The van der Waals surface area contributed by atoms with Gasteiger partial charge in [-0.1, -0.05) is 37.5 Å². The van der Waals surface area contributed by atoms with Crippen LogP contribution in [0.4, 0.5) is 0 Å². The van der Waals surface area contributed by atoms with Crippen molar-refractivity contribution in [3.8, 4) is 0 Å². The SMILES string of the molecule is O=C(NS(=O)(=O)c1ccc(C2CCCCC2)cc1)C1=CCOCC1. The molecule has 1 aromatic carbocycles. The van der Waals surface area contributed by atoms with Gasteiger partial charge in [0, 0.05) is 12.0 Å². The molecular formula is C18H23NO4S. The summed E-state index contributed by atoms with van der Waals surface area (Å²) < 4.78 is 32.0. The summed E-state index contributed by atoms with van der Waals surface area (Å²) in [5.41, 5.74) is 1.65. The molecule has 6 heteroatoms. The molecule has 1 aliphatic carbocycles. The second-order valence-electron chi connectivity index (χ2n) is 6.39. The smallest absolute Gasteiger partial charge is 0.264 e. The summed E-state index contributed by atoms with van der Waals surface area (Å²) in [6.07, 6.45) is 8.15. The minimum atomic E-state index is -3.84. The van der Waals surface area contributed by atoms with Crippen LogP contribution in [0.5, 0.6) is 0 Å². The minimum Gasteiger partial charge on any atom is -0.377 e. The maximum atomic E-state index is 12.4. The molecule has 1 amide bonds. The van der Waals surface area contributed by atoms with Crippen LogP contribution in [-0.2, 0) is 19.6 Å². The van der Waals surface area contributed by atoms with Gasteiger partial charge in [-0.15, -0.1) is 0 Å². The third-order valence-corrected chi connectivity index (χ3v) is 6.10. The first kappa shape index (κ1) is 17.2. The van der Waals surface area contributed by atoms with Crippen LogP contribution in [0.25, 0.3) is 0 Å². The Kier molecular flexibility index (Phi) is 5.36. The van der Waals surface area contributed by atoms with E-state index in [0.717, 1.165) is 0 Å². The van der Waals surface area contributed by atoms with Crippen LogP contribution in [0.15, 0.2) is 40.8 Å². The number of amides is 1. The number of benzene rings is 1. The molecule has 1 N–H and O–H groups in total. The van der Waals surface area contributed by atoms with Gasteiger partial charge in [0.05, 0.1) is 18.1 Å². The van der Waals surface area contributed by atoms with Gasteiger partial charge < -0.3 is 4.74 Å². The lowest BCUT2D eigenvalue weighted by Gasteiger charge is -2.22. The molecule has 3 rings (SSSR count). The fourth-order valence-corrected chi connectivity index (χ4v) is 4.32. The average Bonchev–Trinajstić information content (AvgIpc) is 2.63. The Bertz CT molecular complexity index is 716. The number of sulfonamides is 1. The van der Waals surface area contributed by atoms with E-state index in [1.54, 1.807) is 18.2 Å². The summed E-state index contributed by atoms with van der Waals surface area (Å²) in [6.45, 7) is 0.786. The number of rotatable bonds is 4. The largest absolute Gasteiger partial charge is 0.377 e. The predicted octanol–water partition coefficient (Wildman–Crippen LogP) is 2.89. The topological polar surface area (TPSA) is 72.5 Å². The van der Waals surface area contributed by atoms with Crippen molar-refractivity contribution in [1.29, 1.82) is 0 Å². The summed E-state index contributed by atoms with van der Waals surface area (Å²) in [5, 5.41) is 0. The number of carbonyl (C=O) groups is 1. The molecule has 0 radical (unpaired) electrons. The van der Waals surface area contributed by atoms with Gasteiger partial charge in [-0.05, 0) is 36.5 Å². The van der Waals surface area contributed by atoms with Crippen molar-refractivity contribution in [2.24, 2.45) is 0 Å². The number of hydrogen-bond acceptors (Lipinski definition) is 4. The quantitative estimate of drug-likeness (QED) is 0.907. The van der Waals surface area contributed by atoms with Crippen LogP contribution < -0.4 is 4.72 Å². The normalized spacial score (nSPS) is 19.6. The maximum absolute atomic E-state index is 12.4. The van der Waals surface area contributed by atoms with Gasteiger partial charge in [-0.3, -0.25) is 4.79 Å². The first-order valence-electron chi connectivity index (χ1n) is 8.50. The van der Waals surface area contributed by atoms with E-state index in [-0.39, 0.29) is 4.90 Å². The van der Waals surface area contributed by atoms with E-state index >= 15 is 0 Å². The number of hydrogen-bond donors (Lipinski definition) is 1. The Hall–Kier alpha value is -1.66. The summed E-state index contributed by atoms with van der Waals surface area (Å²) >= 11 is 0. The predicted molar refractivity (Wildman–Crippen MR) is 91.1 cm³/mol. The minimum absolute atomic E-state index is 0.128. The van der Waals surface area contributed by atoms with Crippen molar-refractivity contribution in [2.45, 2.75) is 49.3 Å². The molecule has 24 heavy (non-hydrogen) atoms. The zero-order valence-electron chi connectivity index (χ0n) is 13.7. The highest BCUT2D eigenvalue weighted by atomic mass is 32.2. The Morgan fingerprint density at radius 2 is 1.79 bits per heavy atom. The lowest BCUT2D eigenvalue weighted by atomic mass is 9.84. The molecule has 0 saturated heterocycles. The van der Waals surface area contributed by atoms with E-state index in [9.17, 15) is 13.2 Å². The number of ether oxygens (including phenoxy) is 1. The Labute approximate surface area is 143 Å². The van der Waals surface area contributed by atoms with Gasteiger partial charge in [0.15, 0.2) is 0 Å². The van der Waals surface area contributed by atoms with Gasteiger partial charge in [-0.25, -0.2) is 13.1 Å². The third-order valence-electron chi connectivity index (χ3n) is 4.75. The number of nitrogens with one attached hydrogen (secondary N) is 1. The first-order chi connectivity index (χ1) is 11.6. The third kappa shape index (κ3) is 4.05. The van der Waals surface area contributed by atoms with Crippen LogP contribution in [0.3, 0.4) is 0 Å². The van der Waals surface area contributed by atoms with E-state index in [1.807, 2.05) is 12.1 Å². The lowest BCUT2D eigenvalue weighted by Crippen LogP contribution is -2.33. The van der Waals surface area contributed by atoms with E-state index < -0.39 is 15.9 Å². The van der Waals surface area contributed by atoms with Crippen molar-refractivity contribution in [3.63, 3.8) is 0 Å². The van der Waals surface area contributed by atoms with Crippen LogP contribution in [0.2, 0.25) is 0 Å². The van der Waals surface area contributed by atoms with Crippen molar-refractivity contribution >= 4 is 15.9 Å². The molecule has 1 fully saturated rings. The fraction of sp³-hybridized carbons (Fsp3) is 0.500. The second-order valence-corrected chi connectivity index (χ2v) is 8.08. The molecule has 1 heterocycles. The zero-order valence-corrected chi connectivity index (χ0v) is 14.5. The highest BCUT2D eigenvalue weighted by Crippen LogP contribution is 2.32. The standard InChI is InChI=1S/C18H23NO4S/c20-18(16-10-12-23-13-11-16)19-24(21,22)17-8-6-15(7-9-17)14-4-2-1-3-5-14/h6-10,14H,1-5,11-13H2,(H,19,20). The lowest BCUT2D eigenvalue weighted by molar-refractivity contribution is -0.116. The van der Waals surface area contributed by atoms with Gasteiger partial charge >= 0.3 is 0 Å². The van der Waals surface area contributed by atoms with Crippen molar-refractivity contribution in [2.75, 3.05) is 13.2 Å². The Morgan fingerprint density at radius 3 is 2.42 bits per heavy atom. The molecule has 0 aromatic heterocycles. The molecule has 2 aliphatic rings. The van der Waals surface area contributed by atoms with Crippen LogP contribution in [-0.4, -0.2) is 27.5 Å². The van der Waals surface area contributed by atoms with Crippen molar-refractivity contribution in [1.82, 2.24) is 4.72 Å². The summed E-state index contributed by atoms with van der Waals surface area (Å²) in [7, 11) is -3.84. The zero-order chi connectivity index (χ0) is 17.0. The molecular weight excluding hydrogens is 326 g/mol. The molecule has 130 valence electrons. The molecule has 1 aromatic rings. The Morgan fingerprint density at radius 1 is 1.08 bits per heavy atom. The van der Waals surface area contributed by atoms with Crippen LogP contribution in [0, 0.1) is 0 Å². The molecule has 0 spiro atoms. The van der Waals surface area contributed by atoms with Gasteiger partial charge in [0.1, 0.15) is 0 Å². The molecule has 0 unspecified atom stereocenters.